The summed E-state index contributed by atoms with van der Waals surface area (Å²) in [6.45, 7) is 8.63. The first-order valence-corrected chi connectivity index (χ1v) is 24.0. The summed E-state index contributed by atoms with van der Waals surface area (Å²) in [7, 11) is 0. The fourth-order valence-electron chi connectivity index (χ4n) is 9.57. The Bertz CT molecular complexity index is 3620. The Labute approximate surface area is 417 Å². The van der Waals surface area contributed by atoms with Gasteiger partial charge in [-0.1, -0.05) is 168 Å². The zero-order chi connectivity index (χ0) is 48.7. The lowest BCUT2D eigenvalue weighted by molar-refractivity contribution is 0.584. The van der Waals surface area contributed by atoms with Crippen LogP contribution in [0.3, 0.4) is 0 Å². The molecule has 0 aliphatic carbocycles. The van der Waals surface area contributed by atoms with Gasteiger partial charge in [0.05, 0.1) is 22.4 Å². The van der Waals surface area contributed by atoms with Gasteiger partial charge in [0.2, 0.25) is 23.6 Å². The van der Waals surface area contributed by atoms with Gasteiger partial charge in [-0.2, -0.15) is 0 Å². The van der Waals surface area contributed by atoms with Crippen LogP contribution in [0.1, 0.15) is 22.3 Å². The Hall–Kier alpha value is -9.40. The number of fused-ring (bicyclic) bond motifs is 1. The van der Waals surface area contributed by atoms with E-state index in [1.165, 1.54) is 22.3 Å². The minimum atomic E-state index is 0.476. The van der Waals surface area contributed by atoms with E-state index >= 15 is 0 Å². The number of rotatable bonds is 10. The maximum Gasteiger partial charge on any atom is 0.248 e. The average Bonchev–Trinajstić information content (AvgIpc) is 4.13. The fraction of sp³-hybridized carbons (Fsp3) is 0.0625. The van der Waals surface area contributed by atoms with E-state index in [1.54, 1.807) is 0 Å². The molecule has 9 aromatic carbocycles. The van der Waals surface area contributed by atoms with Crippen molar-refractivity contribution in [2.24, 2.45) is 0 Å². The van der Waals surface area contributed by atoms with Gasteiger partial charge in [0.25, 0.3) is 0 Å². The molecule has 0 amide bonds. The number of nitrogens with zero attached hydrogens (tertiary/aromatic N) is 6. The van der Waals surface area contributed by atoms with Crippen molar-refractivity contribution in [1.29, 1.82) is 0 Å². The SMILES string of the molecule is Cc1cc(C)cc(-c2cc3nc(-c4ccc(-c5ccc(-c6nnc(-c7ccccc7)o6)cc5)cc4)c(-c4ccc(-c5ccc(-c6nnc(-c7ccccc7)o6)cc5)cc4)nc3cc2-c2cc(C)cc(C)c2)c1. The van der Waals surface area contributed by atoms with E-state index in [0.717, 1.165) is 100 Å². The molecular formula is C64H46N6O2. The van der Waals surface area contributed by atoms with Gasteiger partial charge in [-0.15, -0.1) is 20.4 Å². The van der Waals surface area contributed by atoms with Crippen LogP contribution in [0.15, 0.2) is 215 Å². The second-order valence-corrected chi connectivity index (χ2v) is 18.4. The standard InChI is InChI=1S/C64H46N6O2/c1-39-31-40(2)34-53(33-39)55-37-57-58(38-56(55)54-35-41(3)32-42(4)36-54)66-60(48-25-17-44(18-26-48)46-21-29-52(30-22-46)64-70-68-62(72-64)50-13-9-6-10-14-50)59(65-57)47-23-15-43(16-24-47)45-19-27-51(28-20-45)63-69-67-61(71-63)49-11-7-5-8-12-49/h5-38H,1-4H3. The van der Waals surface area contributed by atoms with Gasteiger partial charge in [-0.25, -0.2) is 9.97 Å². The van der Waals surface area contributed by atoms with Crippen LogP contribution in [0.2, 0.25) is 0 Å². The maximum absolute atomic E-state index is 6.04. The van der Waals surface area contributed by atoms with Crippen molar-refractivity contribution in [3.63, 3.8) is 0 Å². The molecule has 0 unspecified atom stereocenters. The van der Waals surface area contributed by atoms with Crippen LogP contribution in [0, 0.1) is 27.7 Å². The van der Waals surface area contributed by atoms with Crippen LogP contribution in [0.5, 0.6) is 0 Å². The Morgan fingerprint density at radius 1 is 0.250 bits per heavy atom. The molecule has 0 spiro atoms. The first-order valence-electron chi connectivity index (χ1n) is 24.0. The lowest BCUT2D eigenvalue weighted by atomic mass is 9.90. The smallest absolute Gasteiger partial charge is 0.248 e. The molecule has 0 aliphatic heterocycles. The first kappa shape index (κ1) is 43.9. The van der Waals surface area contributed by atoms with Crippen molar-refractivity contribution < 1.29 is 8.83 Å². The molecule has 12 aromatic rings. The molecule has 344 valence electrons. The minimum absolute atomic E-state index is 0.476. The summed E-state index contributed by atoms with van der Waals surface area (Å²) in [6, 6.07) is 71.1. The highest BCUT2D eigenvalue weighted by atomic mass is 16.4. The maximum atomic E-state index is 6.04. The number of hydrogen-bond acceptors (Lipinski definition) is 8. The minimum Gasteiger partial charge on any atom is -0.416 e. The highest BCUT2D eigenvalue weighted by molar-refractivity contribution is 5.96. The van der Waals surface area contributed by atoms with E-state index in [-0.39, 0.29) is 0 Å². The van der Waals surface area contributed by atoms with E-state index in [9.17, 15) is 0 Å². The number of aryl methyl sites for hydroxylation is 4. The summed E-state index contributed by atoms with van der Waals surface area (Å²) in [5.74, 6) is 1.94. The van der Waals surface area contributed by atoms with E-state index in [2.05, 4.69) is 169 Å². The Morgan fingerprint density at radius 2 is 0.514 bits per heavy atom. The topological polar surface area (TPSA) is 104 Å². The van der Waals surface area contributed by atoms with Crippen LogP contribution >= 0.6 is 0 Å². The molecule has 0 atom stereocenters. The molecule has 0 bridgehead atoms. The molecule has 12 rings (SSSR count). The third-order valence-electron chi connectivity index (χ3n) is 13.0. The molecule has 8 heteroatoms. The molecule has 8 nitrogen and oxygen atoms in total. The summed E-state index contributed by atoms with van der Waals surface area (Å²) in [5, 5.41) is 17.2. The van der Waals surface area contributed by atoms with Crippen molar-refractivity contribution in [3.05, 3.63) is 229 Å². The van der Waals surface area contributed by atoms with Crippen molar-refractivity contribution >= 4 is 11.0 Å². The first-order chi connectivity index (χ1) is 35.2. The molecule has 0 saturated heterocycles. The Balaban J connectivity index is 0.921. The van der Waals surface area contributed by atoms with Crippen LogP contribution in [0.4, 0.5) is 0 Å². The van der Waals surface area contributed by atoms with Gasteiger partial charge in [-0.3, -0.25) is 0 Å². The molecular weight excluding hydrogens is 885 g/mol. The van der Waals surface area contributed by atoms with Gasteiger partial charge in [0, 0.05) is 33.4 Å². The predicted molar refractivity (Wildman–Crippen MR) is 289 cm³/mol. The number of benzene rings is 9. The largest absolute Gasteiger partial charge is 0.416 e. The van der Waals surface area contributed by atoms with Crippen molar-refractivity contribution in [3.8, 4) is 113 Å². The summed E-state index contributed by atoms with van der Waals surface area (Å²) in [5.41, 5.74) is 22.3. The molecule has 3 aromatic heterocycles. The highest BCUT2D eigenvalue weighted by Gasteiger charge is 2.19. The Morgan fingerprint density at radius 3 is 0.819 bits per heavy atom. The lowest BCUT2D eigenvalue weighted by Crippen LogP contribution is -1.98. The van der Waals surface area contributed by atoms with E-state index in [0.29, 0.717) is 23.6 Å². The Kier molecular flexibility index (Phi) is 11.3. The molecule has 0 fully saturated rings. The zero-order valence-electron chi connectivity index (χ0n) is 40.1. The molecule has 0 aliphatic rings. The van der Waals surface area contributed by atoms with Crippen LogP contribution in [-0.2, 0) is 0 Å². The molecule has 0 N–H and O–H groups in total. The van der Waals surface area contributed by atoms with Crippen LogP contribution < -0.4 is 0 Å². The molecule has 0 radical (unpaired) electrons. The second kappa shape index (κ2) is 18.5. The average molecular weight is 931 g/mol. The predicted octanol–water partition coefficient (Wildman–Crippen LogP) is 16.3. The zero-order valence-corrected chi connectivity index (χ0v) is 40.1. The number of hydrogen-bond donors (Lipinski definition) is 0. The van der Waals surface area contributed by atoms with E-state index < -0.39 is 0 Å². The summed E-state index contributed by atoms with van der Waals surface area (Å²) in [4.78, 5) is 11.1. The normalized spacial score (nSPS) is 11.3. The summed E-state index contributed by atoms with van der Waals surface area (Å²) < 4.78 is 12.1. The van der Waals surface area contributed by atoms with Gasteiger partial charge < -0.3 is 8.83 Å². The molecule has 0 saturated carbocycles. The second-order valence-electron chi connectivity index (χ2n) is 18.4. The van der Waals surface area contributed by atoms with Crippen LogP contribution in [0.25, 0.3) is 124 Å². The summed E-state index contributed by atoms with van der Waals surface area (Å²) >= 11 is 0. The molecule has 72 heavy (non-hydrogen) atoms. The van der Waals surface area contributed by atoms with Gasteiger partial charge in [0.1, 0.15) is 0 Å². The quantitative estimate of drug-likeness (QED) is 0.134. The highest BCUT2D eigenvalue weighted by Crippen LogP contribution is 2.40. The van der Waals surface area contributed by atoms with Gasteiger partial charge in [-0.05, 0) is 133 Å². The third-order valence-corrected chi connectivity index (χ3v) is 13.0. The van der Waals surface area contributed by atoms with Crippen molar-refractivity contribution in [2.75, 3.05) is 0 Å². The van der Waals surface area contributed by atoms with Crippen LogP contribution in [-0.4, -0.2) is 30.4 Å². The molecule has 3 heterocycles. The summed E-state index contributed by atoms with van der Waals surface area (Å²) in [6.07, 6.45) is 0. The van der Waals surface area contributed by atoms with E-state index in [1.807, 2.05) is 84.9 Å². The monoisotopic (exact) mass is 930 g/mol. The van der Waals surface area contributed by atoms with E-state index in [4.69, 9.17) is 18.8 Å². The van der Waals surface area contributed by atoms with Crippen molar-refractivity contribution in [2.45, 2.75) is 27.7 Å². The fourth-order valence-corrected chi connectivity index (χ4v) is 9.57. The third kappa shape index (κ3) is 8.78. The van der Waals surface area contributed by atoms with Gasteiger partial charge >= 0.3 is 0 Å². The van der Waals surface area contributed by atoms with Crippen molar-refractivity contribution in [1.82, 2.24) is 30.4 Å². The number of aromatic nitrogens is 6. The lowest BCUT2D eigenvalue weighted by Gasteiger charge is -2.17. The van der Waals surface area contributed by atoms with Gasteiger partial charge in [0.15, 0.2) is 0 Å².